The molecule has 1 aromatic carbocycles. The first-order chi connectivity index (χ1) is 8.91. The number of hydrogen-bond acceptors (Lipinski definition) is 2. The lowest BCUT2D eigenvalue weighted by molar-refractivity contribution is -0.137. The van der Waals surface area contributed by atoms with Crippen LogP contribution in [0.15, 0.2) is 36.6 Å². The largest absolute Gasteiger partial charge is 0.417 e. The van der Waals surface area contributed by atoms with Gasteiger partial charge in [0.2, 0.25) is 0 Å². The van der Waals surface area contributed by atoms with Crippen LogP contribution < -0.4 is 5.32 Å². The molecule has 0 radical (unpaired) electrons. The zero-order valence-corrected chi connectivity index (χ0v) is 9.50. The van der Waals surface area contributed by atoms with Crippen molar-refractivity contribution in [3.8, 4) is 6.07 Å². The normalized spacial score (nSPS) is 18.5. The Kier molecular flexibility index (Phi) is 3.30. The molecule has 2 rings (SSSR count). The zero-order chi connectivity index (χ0) is 14.0. The smallest absolute Gasteiger partial charge is 0.373 e. The summed E-state index contributed by atoms with van der Waals surface area (Å²) in [7, 11) is 0. The number of dihydropyridines is 1. The van der Waals surface area contributed by atoms with Gasteiger partial charge in [-0.2, -0.15) is 18.4 Å². The third-order valence-electron chi connectivity index (χ3n) is 2.62. The quantitative estimate of drug-likeness (QED) is 0.794. The summed E-state index contributed by atoms with van der Waals surface area (Å²) in [5.41, 5.74) is -0.966. The van der Waals surface area contributed by atoms with Crippen molar-refractivity contribution in [3.05, 3.63) is 53.5 Å². The minimum atomic E-state index is -4.65. The van der Waals surface area contributed by atoms with Crippen LogP contribution in [-0.4, -0.2) is 6.04 Å². The van der Waals surface area contributed by atoms with Crippen LogP contribution in [0.2, 0.25) is 0 Å². The van der Waals surface area contributed by atoms with Crippen LogP contribution in [0.25, 0.3) is 5.57 Å². The van der Waals surface area contributed by atoms with E-state index in [9.17, 15) is 17.6 Å². The second-order valence-corrected chi connectivity index (χ2v) is 3.92. The molecular formula is C13H8F4N2. The molecule has 1 aromatic rings. The average molecular weight is 268 g/mol. The lowest BCUT2D eigenvalue weighted by Crippen LogP contribution is -2.22. The lowest BCUT2D eigenvalue weighted by Gasteiger charge is -2.17. The molecule has 0 aliphatic carbocycles. The molecular weight excluding hydrogens is 260 g/mol. The molecule has 0 amide bonds. The van der Waals surface area contributed by atoms with Crippen molar-refractivity contribution >= 4 is 5.57 Å². The highest BCUT2D eigenvalue weighted by molar-refractivity contribution is 5.78. The van der Waals surface area contributed by atoms with E-state index in [2.05, 4.69) is 5.32 Å². The summed E-state index contributed by atoms with van der Waals surface area (Å²) < 4.78 is 51.6. The Hall–Kier alpha value is -2.29. The first kappa shape index (κ1) is 13.1. The monoisotopic (exact) mass is 268 g/mol. The van der Waals surface area contributed by atoms with Gasteiger partial charge in [0.25, 0.3) is 0 Å². The first-order valence-electron chi connectivity index (χ1n) is 5.33. The predicted molar refractivity (Wildman–Crippen MR) is 61.1 cm³/mol. The number of benzene rings is 1. The van der Waals surface area contributed by atoms with Gasteiger partial charge in [-0.15, -0.1) is 0 Å². The third kappa shape index (κ3) is 2.76. The summed E-state index contributed by atoms with van der Waals surface area (Å²) in [5, 5.41) is 11.4. The van der Waals surface area contributed by atoms with Crippen LogP contribution in [0.1, 0.15) is 11.1 Å². The van der Waals surface area contributed by atoms with Gasteiger partial charge in [-0.05, 0) is 41.6 Å². The third-order valence-corrected chi connectivity index (χ3v) is 2.62. The van der Waals surface area contributed by atoms with Gasteiger partial charge in [0, 0.05) is 0 Å². The van der Waals surface area contributed by atoms with Gasteiger partial charge in [0.1, 0.15) is 11.9 Å². The second kappa shape index (κ2) is 4.76. The highest BCUT2D eigenvalue weighted by Gasteiger charge is 2.34. The topological polar surface area (TPSA) is 35.8 Å². The number of allylic oxidation sites excluding steroid dienone is 2. The van der Waals surface area contributed by atoms with Gasteiger partial charge >= 0.3 is 6.18 Å². The van der Waals surface area contributed by atoms with E-state index in [-0.39, 0.29) is 11.1 Å². The number of nitrogens with one attached hydrogen (secondary N) is 1. The van der Waals surface area contributed by atoms with E-state index in [1.54, 1.807) is 0 Å². The zero-order valence-electron chi connectivity index (χ0n) is 9.50. The SMILES string of the molecule is N#CC1C=C(c2ccc(F)cc2C(F)(F)F)C=CN1. The Morgan fingerprint density at radius 1 is 1.26 bits per heavy atom. The van der Waals surface area contributed by atoms with Gasteiger partial charge in [-0.3, -0.25) is 0 Å². The molecule has 1 N–H and O–H groups in total. The molecule has 1 aliphatic heterocycles. The molecule has 0 spiro atoms. The minimum Gasteiger partial charge on any atom is -0.373 e. The average Bonchev–Trinajstić information content (AvgIpc) is 2.37. The number of nitriles is 1. The van der Waals surface area contributed by atoms with Gasteiger partial charge in [0.05, 0.1) is 11.6 Å². The standard InChI is InChI=1S/C13H8F4N2/c14-9-1-2-11(12(6-9)13(15,16)17)8-3-4-19-10(5-8)7-18/h1-6,10,19H. The van der Waals surface area contributed by atoms with Crippen LogP contribution in [0.3, 0.4) is 0 Å². The second-order valence-electron chi connectivity index (χ2n) is 3.92. The molecule has 6 heteroatoms. The summed E-state index contributed by atoms with van der Waals surface area (Å²) in [6.45, 7) is 0. The molecule has 19 heavy (non-hydrogen) atoms. The summed E-state index contributed by atoms with van der Waals surface area (Å²) in [5.74, 6) is -0.952. The molecule has 1 aliphatic rings. The van der Waals surface area contributed by atoms with E-state index in [4.69, 9.17) is 5.26 Å². The molecule has 1 atom stereocenters. The van der Waals surface area contributed by atoms with Crippen molar-refractivity contribution in [3.63, 3.8) is 0 Å². The Bertz CT molecular complexity index is 594. The molecule has 1 unspecified atom stereocenters. The van der Waals surface area contributed by atoms with E-state index in [0.29, 0.717) is 6.07 Å². The van der Waals surface area contributed by atoms with Crippen molar-refractivity contribution < 1.29 is 17.6 Å². The van der Waals surface area contributed by atoms with Crippen LogP contribution in [0.5, 0.6) is 0 Å². The van der Waals surface area contributed by atoms with E-state index >= 15 is 0 Å². The summed E-state index contributed by atoms with van der Waals surface area (Å²) in [6.07, 6.45) is -0.481. The van der Waals surface area contributed by atoms with Gasteiger partial charge in [-0.1, -0.05) is 6.07 Å². The Labute approximate surface area is 106 Å². The van der Waals surface area contributed by atoms with Crippen LogP contribution >= 0.6 is 0 Å². The number of hydrogen-bond donors (Lipinski definition) is 1. The Balaban J connectivity index is 2.55. The van der Waals surface area contributed by atoms with Crippen molar-refractivity contribution in [1.82, 2.24) is 5.32 Å². The predicted octanol–water partition coefficient (Wildman–Crippen LogP) is 3.24. The first-order valence-corrected chi connectivity index (χ1v) is 5.33. The van der Waals surface area contributed by atoms with Gasteiger partial charge in [0.15, 0.2) is 0 Å². The molecule has 0 saturated carbocycles. The summed E-state index contributed by atoms with van der Waals surface area (Å²) in [6, 6.07) is 3.65. The van der Waals surface area contributed by atoms with Crippen molar-refractivity contribution in [2.24, 2.45) is 0 Å². The molecule has 0 fully saturated rings. The van der Waals surface area contributed by atoms with E-state index in [1.807, 2.05) is 6.07 Å². The minimum absolute atomic E-state index is 0.146. The molecule has 1 heterocycles. The fraction of sp³-hybridized carbons (Fsp3) is 0.154. The molecule has 0 saturated heterocycles. The maximum atomic E-state index is 13.0. The van der Waals surface area contributed by atoms with Gasteiger partial charge in [-0.25, -0.2) is 4.39 Å². The maximum absolute atomic E-state index is 13.0. The fourth-order valence-electron chi connectivity index (χ4n) is 1.78. The van der Waals surface area contributed by atoms with Crippen LogP contribution in [0, 0.1) is 17.1 Å². The number of rotatable bonds is 1. The van der Waals surface area contributed by atoms with E-state index < -0.39 is 23.6 Å². The Morgan fingerprint density at radius 3 is 2.63 bits per heavy atom. The Morgan fingerprint density at radius 2 is 2.00 bits per heavy atom. The van der Waals surface area contributed by atoms with Crippen molar-refractivity contribution in [2.75, 3.05) is 0 Å². The van der Waals surface area contributed by atoms with Crippen LogP contribution in [-0.2, 0) is 6.18 Å². The maximum Gasteiger partial charge on any atom is 0.417 e. The number of nitrogens with zero attached hydrogens (tertiary/aromatic N) is 1. The molecule has 0 aromatic heterocycles. The van der Waals surface area contributed by atoms with E-state index in [0.717, 1.165) is 12.1 Å². The molecule has 98 valence electrons. The molecule has 0 bridgehead atoms. The highest BCUT2D eigenvalue weighted by atomic mass is 19.4. The highest BCUT2D eigenvalue weighted by Crippen LogP contribution is 2.36. The number of alkyl halides is 3. The summed E-state index contributed by atoms with van der Waals surface area (Å²) >= 11 is 0. The fourth-order valence-corrected chi connectivity index (χ4v) is 1.78. The van der Waals surface area contributed by atoms with Crippen LogP contribution in [0.4, 0.5) is 17.6 Å². The number of halogens is 4. The van der Waals surface area contributed by atoms with Gasteiger partial charge < -0.3 is 5.32 Å². The van der Waals surface area contributed by atoms with E-state index in [1.165, 1.54) is 18.4 Å². The molecule has 2 nitrogen and oxygen atoms in total. The summed E-state index contributed by atoms with van der Waals surface area (Å²) in [4.78, 5) is 0. The lowest BCUT2D eigenvalue weighted by atomic mass is 9.96. The van der Waals surface area contributed by atoms with Crippen molar-refractivity contribution in [2.45, 2.75) is 12.2 Å². The van der Waals surface area contributed by atoms with Crippen molar-refractivity contribution in [1.29, 1.82) is 5.26 Å².